The van der Waals surface area contributed by atoms with Gasteiger partial charge in [-0.15, -0.1) is 11.6 Å². The Morgan fingerprint density at radius 3 is 2.34 bits per heavy atom. The predicted molar refractivity (Wildman–Crippen MR) is 113 cm³/mol. The number of nitro benzene ring substituents is 1. The number of sulfonamides is 1. The van der Waals surface area contributed by atoms with E-state index < -0.39 is 14.9 Å². The van der Waals surface area contributed by atoms with E-state index in [0.717, 1.165) is 16.8 Å². The van der Waals surface area contributed by atoms with Crippen molar-refractivity contribution in [3.63, 3.8) is 0 Å². The number of alkyl halides is 1. The molecule has 1 heterocycles. The molecule has 7 nitrogen and oxygen atoms in total. The van der Waals surface area contributed by atoms with Crippen molar-refractivity contribution in [1.82, 2.24) is 4.48 Å². The Labute approximate surface area is 182 Å². The van der Waals surface area contributed by atoms with E-state index in [1.54, 1.807) is 12.1 Å². The van der Waals surface area contributed by atoms with Gasteiger partial charge in [-0.05, 0) is 23.8 Å². The Balaban J connectivity index is 0.00000300. The highest BCUT2D eigenvalue weighted by Crippen LogP contribution is 2.41. The summed E-state index contributed by atoms with van der Waals surface area (Å²) in [6.07, 6.45) is 1.21. The van der Waals surface area contributed by atoms with Gasteiger partial charge in [0.1, 0.15) is 12.2 Å². The molecule has 0 fully saturated rings. The lowest BCUT2D eigenvalue weighted by atomic mass is 10.0. The van der Waals surface area contributed by atoms with Gasteiger partial charge < -0.3 is 12.4 Å². The van der Waals surface area contributed by atoms with E-state index in [4.69, 9.17) is 11.6 Å². The Morgan fingerprint density at radius 1 is 1.21 bits per heavy atom. The molecule has 2 aromatic carbocycles. The van der Waals surface area contributed by atoms with Crippen LogP contribution < -0.4 is 21.2 Å². The maximum absolute atomic E-state index is 12.2. The molecule has 0 saturated carbocycles. The summed E-state index contributed by atoms with van der Waals surface area (Å²) >= 11 is 6.05. The minimum absolute atomic E-state index is 0. The van der Waals surface area contributed by atoms with Crippen molar-refractivity contribution in [3.05, 3.63) is 63.7 Å². The summed E-state index contributed by atoms with van der Waals surface area (Å²) in [4.78, 5) is 10.4. The second kappa shape index (κ2) is 8.47. The second-order valence-electron chi connectivity index (χ2n) is 7.66. The summed E-state index contributed by atoms with van der Waals surface area (Å²) in [5.74, 6) is 0.338. The molecule has 0 spiro atoms. The van der Waals surface area contributed by atoms with Crippen molar-refractivity contribution < 1.29 is 25.7 Å². The summed E-state index contributed by atoms with van der Waals surface area (Å²) < 4.78 is 26.3. The molecule has 1 aliphatic heterocycles. The number of halogens is 2. The monoisotopic (exact) mass is 459 g/mol. The fourth-order valence-electron chi connectivity index (χ4n) is 3.58. The minimum atomic E-state index is -3.39. The lowest BCUT2D eigenvalue weighted by Crippen LogP contribution is -3.00. The van der Waals surface area contributed by atoms with Crippen LogP contribution in [0.5, 0.6) is 0 Å². The van der Waals surface area contributed by atoms with Crippen molar-refractivity contribution in [2.75, 3.05) is 37.1 Å². The number of hydrogen-bond acceptors (Lipinski definition) is 4. The summed E-state index contributed by atoms with van der Waals surface area (Å²) in [5.41, 5.74) is 3.58. The molecule has 0 N–H and O–H groups in total. The highest BCUT2D eigenvalue weighted by Gasteiger charge is 2.35. The first kappa shape index (κ1) is 23.4. The Bertz CT molecular complexity index is 1010. The van der Waals surface area contributed by atoms with Crippen molar-refractivity contribution in [3.8, 4) is 0 Å². The zero-order valence-electron chi connectivity index (χ0n) is 16.4. The van der Waals surface area contributed by atoms with Crippen molar-refractivity contribution >= 4 is 38.7 Å². The number of nitrogens with zero attached hydrogens (tertiary/aromatic N) is 3. The molecule has 0 aliphatic carbocycles. The zero-order valence-corrected chi connectivity index (χ0v) is 18.7. The standard InChI is InChI=1S/C19H23ClN3O4S.ClH/c1-23(2,13-14-4-6-16(7-5-14)22(24)25)17-8-9-18-15(11-20)12-21(19(18)10-17)28(3,26)27;/h4-10,15H,11-13H2,1-3H3;1H/q+1;/p-1. The van der Waals surface area contributed by atoms with Crippen LogP contribution in [0.25, 0.3) is 0 Å². The van der Waals surface area contributed by atoms with Gasteiger partial charge in [-0.2, -0.15) is 0 Å². The molecule has 0 aromatic heterocycles. The van der Waals surface area contributed by atoms with Gasteiger partial charge in [-0.25, -0.2) is 8.42 Å². The first-order valence-electron chi connectivity index (χ1n) is 8.77. The first-order chi connectivity index (χ1) is 13.0. The fraction of sp³-hybridized carbons (Fsp3) is 0.368. The lowest BCUT2D eigenvalue weighted by Gasteiger charge is -2.30. The smallest absolute Gasteiger partial charge is 0.269 e. The average Bonchev–Trinajstić information content (AvgIpc) is 3.00. The largest absolute Gasteiger partial charge is 1.00 e. The van der Waals surface area contributed by atoms with Crippen LogP contribution in [0.4, 0.5) is 17.1 Å². The average molecular weight is 460 g/mol. The molecule has 0 saturated heterocycles. The molecule has 10 heteroatoms. The predicted octanol–water partition coefficient (Wildman–Crippen LogP) is 0.468. The number of benzene rings is 2. The first-order valence-corrected chi connectivity index (χ1v) is 11.2. The van der Waals surface area contributed by atoms with Crippen molar-refractivity contribution in [2.24, 2.45) is 0 Å². The molecule has 1 atom stereocenters. The quantitative estimate of drug-likeness (QED) is 0.272. The van der Waals surface area contributed by atoms with Gasteiger partial charge in [0, 0.05) is 42.1 Å². The summed E-state index contributed by atoms with van der Waals surface area (Å²) in [6, 6.07) is 12.3. The minimum Gasteiger partial charge on any atom is -1.00 e. The zero-order chi connectivity index (χ0) is 20.7. The third-order valence-corrected chi connectivity index (χ3v) is 6.64. The van der Waals surface area contributed by atoms with Crippen LogP contribution in [-0.2, 0) is 16.6 Å². The molecule has 29 heavy (non-hydrogen) atoms. The van der Waals surface area contributed by atoms with Crippen LogP contribution >= 0.6 is 11.6 Å². The normalized spacial score (nSPS) is 16.3. The van der Waals surface area contributed by atoms with Crippen LogP contribution in [-0.4, -0.2) is 46.1 Å². The fourth-order valence-corrected chi connectivity index (χ4v) is 4.81. The van der Waals surface area contributed by atoms with E-state index >= 15 is 0 Å². The van der Waals surface area contributed by atoms with E-state index in [0.29, 0.717) is 29.1 Å². The second-order valence-corrected chi connectivity index (χ2v) is 9.87. The maximum atomic E-state index is 12.2. The number of rotatable bonds is 6. The van der Waals surface area contributed by atoms with E-state index in [1.165, 1.54) is 22.7 Å². The number of anilines is 1. The van der Waals surface area contributed by atoms with Crippen LogP contribution in [0.3, 0.4) is 0 Å². The van der Waals surface area contributed by atoms with Gasteiger partial charge >= 0.3 is 0 Å². The van der Waals surface area contributed by atoms with Gasteiger partial charge in [-0.3, -0.25) is 18.9 Å². The summed E-state index contributed by atoms with van der Waals surface area (Å²) in [5, 5.41) is 10.8. The molecular weight excluding hydrogens is 437 g/mol. The lowest BCUT2D eigenvalue weighted by molar-refractivity contribution is -0.384. The number of nitro groups is 1. The Hall–Kier alpha value is -1.87. The molecule has 0 amide bonds. The van der Waals surface area contributed by atoms with Crippen molar-refractivity contribution in [2.45, 2.75) is 12.5 Å². The Kier molecular flexibility index (Phi) is 6.84. The number of quaternary nitrogens is 1. The summed E-state index contributed by atoms with van der Waals surface area (Å²) in [7, 11) is 0.642. The van der Waals surface area contributed by atoms with Gasteiger partial charge in [0.15, 0.2) is 0 Å². The molecule has 2 aromatic rings. The molecule has 158 valence electrons. The van der Waals surface area contributed by atoms with Crippen molar-refractivity contribution in [1.29, 1.82) is 0 Å². The number of non-ortho nitro benzene ring substituents is 1. The number of fused-ring (bicyclic) bond motifs is 1. The third kappa shape index (κ3) is 4.83. The van der Waals surface area contributed by atoms with E-state index in [-0.39, 0.29) is 24.0 Å². The SMILES string of the molecule is C[N+](C)(Cc1ccc([N+](=O)[O-])cc1)c1ccc2c(c1)N(S(C)(=O)=O)CC2CCl.[Cl-]. The molecule has 0 bridgehead atoms. The van der Waals surface area contributed by atoms with E-state index in [2.05, 4.69) is 0 Å². The van der Waals surface area contributed by atoms with E-state index in [9.17, 15) is 18.5 Å². The van der Waals surface area contributed by atoms with Gasteiger partial charge in [0.25, 0.3) is 5.69 Å². The van der Waals surface area contributed by atoms with Gasteiger partial charge in [0.05, 0.1) is 31.0 Å². The molecule has 1 aliphatic rings. The number of hydrogen-bond donors (Lipinski definition) is 0. The molecular formula is C19H23Cl2N3O4S. The molecule has 3 rings (SSSR count). The Morgan fingerprint density at radius 2 is 1.83 bits per heavy atom. The van der Waals surface area contributed by atoms with Crippen LogP contribution in [0.2, 0.25) is 0 Å². The van der Waals surface area contributed by atoms with Crippen LogP contribution in [0, 0.1) is 10.1 Å². The maximum Gasteiger partial charge on any atom is 0.269 e. The third-order valence-electron chi connectivity index (χ3n) is 5.12. The topological polar surface area (TPSA) is 80.5 Å². The van der Waals surface area contributed by atoms with Crippen LogP contribution in [0.1, 0.15) is 17.0 Å². The van der Waals surface area contributed by atoms with Crippen LogP contribution in [0.15, 0.2) is 42.5 Å². The highest BCUT2D eigenvalue weighted by atomic mass is 35.5. The van der Waals surface area contributed by atoms with Gasteiger partial charge in [0.2, 0.25) is 10.0 Å². The van der Waals surface area contributed by atoms with Gasteiger partial charge in [-0.1, -0.05) is 6.07 Å². The molecule has 1 unspecified atom stereocenters. The molecule has 0 radical (unpaired) electrons. The highest BCUT2D eigenvalue weighted by molar-refractivity contribution is 7.92. The van der Waals surface area contributed by atoms with E-state index in [1.807, 2.05) is 32.3 Å². The summed E-state index contributed by atoms with van der Waals surface area (Å²) in [6.45, 7) is 0.964.